The molecule has 1 aromatic rings. The van der Waals surface area contributed by atoms with Crippen LogP contribution in [0.25, 0.3) is 11.3 Å². The second-order valence-corrected chi connectivity index (χ2v) is 16.1. The Morgan fingerprint density at radius 1 is 1.31 bits per heavy atom. The minimum Gasteiger partial charge on any atom is -0.0677 e. The molecule has 1 heterocycles. The molecule has 1 aliphatic carbocycles. The van der Waals surface area contributed by atoms with E-state index in [2.05, 4.69) is 36.9 Å². The largest absolute Gasteiger partial charge is 0.0703 e. The number of hydrogen-bond acceptors (Lipinski definition) is 0. The Labute approximate surface area is 82.3 Å². The summed E-state index contributed by atoms with van der Waals surface area (Å²) in [5, 5.41) is 1.81. The molecule has 1 unspecified atom stereocenters. The van der Waals surface area contributed by atoms with Crippen molar-refractivity contribution in [2.24, 2.45) is 0 Å². The summed E-state index contributed by atoms with van der Waals surface area (Å²) in [6, 6.07) is 12.1. The molecule has 0 amide bonds. The Balaban J connectivity index is 1.99. The van der Waals surface area contributed by atoms with Gasteiger partial charge in [0.2, 0.25) is 0 Å². The maximum absolute atomic E-state index is 2.60. The second-order valence-electron chi connectivity index (χ2n) is 4.56. The van der Waals surface area contributed by atoms with E-state index in [0.29, 0.717) is 9.04 Å². The van der Waals surface area contributed by atoms with Crippen molar-refractivity contribution in [1.82, 2.24) is 0 Å². The van der Waals surface area contributed by atoms with E-state index in [1.54, 1.807) is 22.8 Å². The maximum Gasteiger partial charge on any atom is 0.0703 e. The van der Waals surface area contributed by atoms with Crippen molar-refractivity contribution in [3.05, 3.63) is 35.4 Å². The molecule has 1 saturated heterocycles. The Morgan fingerprint density at radius 2 is 2.08 bits per heavy atom. The molecule has 1 aliphatic heterocycles. The lowest BCUT2D eigenvalue weighted by atomic mass is 9.98. The number of benzene rings is 1. The van der Waals surface area contributed by atoms with E-state index < -0.39 is 7.59 Å². The fraction of sp³-hybridized carbons (Fsp3) is 0.273. The Bertz CT molecular complexity index is 389. The van der Waals surface area contributed by atoms with Crippen molar-refractivity contribution in [2.75, 3.05) is 0 Å². The summed E-state index contributed by atoms with van der Waals surface area (Å²) in [5.74, 6) is 0. The molecular weight excluding hydrogens is 188 g/mol. The number of fused-ring (bicyclic) bond motifs is 1. The van der Waals surface area contributed by atoms with E-state index in [1.807, 2.05) is 0 Å². The highest BCUT2D eigenvalue weighted by Crippen LogP contribution is 2.44. The fourth-order valence-electron chi connectivity index (χ4n) is 2.50. The average Bonchev–Trinajstić information content (AvgIpc) is 2.04. The predicted octanol–water partition coefficient (Wildman–Crippen LogP) is 2.26. The monoisotopic (exact) mass is 202 g/mol. The van der Waals surface area contributed by atoms with Crippen LogP contribution in [0.15, 0.2) is 24.3 Å². The van der Waals surface area contributed by atoms with Crippen molar-refractivity contribution in [2.45, 2.75) is 18.6 Å². The highest BCUT2D eigenvalue weighted by molar-refractivity contribution is 7.37. The van der Waals surface area contributed by atoms with Crippen molar-refractivity contribution >= 4 is 27.9 Å². The minimum atomic E-state index is -0.765. The van der Waals surface area contributed by atoms with Gasteiger partial charge in [0.1, 0.15) is 0 Å². The van der Waals surface area contributed by atoms with E-state index in [-0.39, 0.29) is 0 Å². The van der Waals surface area contributed by atoms with Crippen LogP contribution in [0.5, 0.6) is 0 Å². The number of rotatable bonds is 1. The molecule has 13 heavy (non-hydrogen) atoms. The van der Waals surface area contributed by atoms with Crippen LogP contribution in [0.3, 0.4) is 0 Å². The Hall–Kier alpha value is -0.606. The molecule has 0 saturated carbocycles. The van der Waals surface area contributed by atoms with E-state index >= 15 is 0 Å². The van der Waals surface area contributed by atoms with Crippen molar-refractivity contribution < 1.29 is 0 Å². The van der Waals surface area contributed by atoms with Gasteiger partial charge in [-0.05, 0) is 11.1 Å². The topological polar surface area (TPSA) is 0 Å². The van der Waals surface area contributed by atoms with Crippen LogP contribution in [0.1, 0.15) is 11.1 Å². The first-order valence-corrected chi connectivity index (χ1v) is 11.1. The van der Waals surface area contributed by atoms with E-state index in [4.69, 9.17) is 0 Å². The summed E-state index contributed by atoms with van der Waals surface area (Å²) in [6.07, 6.45) is 2.47. The molecule has 1 atom stereocenters. The fourth-order valence-corrected chi connectivity index (χ4v) is 11.8. The molecule has 0 N–H and O–H groups in total. The summed E-state index contributed by atoms with van der Waals surface area (Å²) in [5.41, 5.74) is 3.09. The van der Waals surface area contributed by atoms with Crippen LogP contribution < -0.4 is 0 Å². The van der Waals surface area contributed by atoms with Gasteiger partial charge in [0, 0.05) is 9.04 Å². The van der Waals surface area contributed by atoms with E-state index in [0.717, 1.165) is 0 Å². The normalized spacial score (nSPS) is 31.6. The van der Waals surface area contributed by atoms with Crippen molar-refractivity contribution in [3.8, 4) is 0 Å². The van der Waals surface area contributed by atoms with Gasteiger partial charge in [-0.15, -0.1) is 0 Å². The molecule has 0 bridgehead atoms. The van der Waals surface area contributed by atoms with Gasteiger partial charge in [-0.2, -0.15) is 0 Å². The van der Waals surface area contributed by atoms with E-state index in [1.165, 1.54) is 5.56 Å². The van der Waals surface area contributed by atoms with Crippen LogP contribution in [-0.4, -0.2) is 16.6 Å². The average molecular weight is 202 g/mol. The van der Waals surface area contributed by atoms with Gasteiger partial charge in [0.25, 0.3) is 0 Å². The molecule has 1 fully saturated rings. The van der Waals surface area contributed by atoms with Gasteiger partial charge in [-0.3, -0.25) is 0 Å². The number of hydrogen-bond donors (Lipinski definition) is 0. The third kappa shape index (κ3) is 0.958. The lowest BCUT2D eigenvalue weighted by Gasteiger charge is -2.42. The summed E-state index contributed by atoms with van der Waals surface area (Å²) in [7, 11) is -0.418. The molecule has 3 rings (SSSR count). The van der Waals surface area contributed by atoms with Gasteiger partial charge in [-0.1, -0.05) is 54.2 Å². The lowest BCUT2D eigenvalue weighted by molar-refractivity contribution is 1.32. The Kier molecular flexibility index (Phi) is 1.47. The highest BCUT2D eigenvalue weighted by atomic mass is 29.2. The molecule has 1 aromatic carbocycles. The summed E-state index contributed by atoms with van der Waals surface area (Å²) >= 11 is 0. The second kappa shape index (κ2) is 2.45. The van der Waals surface area contributed by atoms with Crippen LogP contribution in [0.2, 0.25) is 18.6 Å². The smallest absolute Gasteiger partial charge is 0.0677 e. The zero-order valence-corrected chi connectivity index (χ0v) is 10.4. The molecule has 2 heteroatoms. The first-order chi connectivity index (χ1) is 6.30. The maximum atomic E-state index is 2.60. The van der Waals surface area contributed by atoms with Gasteiger partial charge in [0.15, 0.2) is 0 Å². The molecule has 66 valence electrons. The van der Waals surface area contributed by atoms with Crippen LogP contribution in [-0.2, 0) is 0 Å². The highest BCUT2D eigenvalue weighted by Gasteiger charge is 2.41. The molecule has 0 aromatic heterocycles. The third-order valence-electron chi connectivity index (χ3n) is 3.66. The molecular formula is C11H14Si2. The molecule has 0 radical (unpaired) electrons. The van der Waals surface area contributed by atoms with Gasteiger partial charge in [-0.25, -0.2) is 0 Å². The molecule has 0 spiro atoms. The zero-order chi connectivity index (χ0) is 8.89. The Morgan fingerprint density at radius 3 is 2.69 bits per heavy atom. The van der Waals surface area contributed by atoms with Crippen LogP contribution in [0.4, 0.5) is 0 Å². The van der Waals surface area contributed by atoms with Crippen LogP contribution >= 0.6 is 0 Å². The molecule has 2 aliphatic rings. The third-order valence-corrected chi connectivity index (χ3v) is 15.9. The van der Waals surface area contributed by atoms with Gasteiger partial charge < -0.3 is 0 Å². The van der Waals surface area contributed by atoms with E-state index in [9.17, 15) is 0 Å². The summed E-state index contributed by atoms with van der Waals surface area (Å²) in [4.78, 5) is 0. The zero-order valence-electron chi connectivity index (χ0n) is 8.01. The van der Waals surface area contributed by atoms with Crippen LogP contribution in [0, 0.1) is 0 Å². The SMILES string of the molecule is C[Si]1(C2=Cc3ccccc32)CC[SiH2]1. The minimum absolute atomic E-state index is 0.346. The van der Waals surface area contributed by atoms with Gasteiger partial charge in [0.05, 0.1) is 7.59 Å². The quantitative estimate of drug-likeness (QED) is 0.613. The summed E-state index contributed by atoms with van der Waals surface area (Å²) in [6.45, 7) is 2.60. The van der Waals surface area contributed by atoms with Crippen molar-refractivity contribution in [1.29, 1.82) is 0 Å². The van der Waals surface area contributed by atoms with Crippen molar-refractivity contribution in [3.63, 3.8) is 0 Å². The lowest BCUT2D eigenvalue weighted by Crippen LogP contribution is -2.49. The molecule has 0 nitrogen and oxygen atoms in total. The standard InChI is InChI=1S/C11H14Si2/c1-13(7-6-12-13)11-8-9-4-2-3-5-10(9)11/h2-5,8H,6-7,12H2,1H3. The van der Waals surface area contributed by atoms with Gasteiger partial charge >= 0.3 is 0 Å². The predicted molar refractivity (Wildman–Crippen MR) is 64.1 cm³/mol. The first-order valence-electron chi connectivity index (χ1n) is 5.11. The first kappa shape index (κ1) is 7.77. The summed E-state index contributed by atoms with van der Waals surface area (Å²) < 4.78 is 0.